The zero-order valence-electron chi connectivity index (χ0n) is 10.3. The summed E-state index contributed by atoms with van der Waals surface area (Å²) in [7, 11) is -3.12. The van der Waals surface area contributed by atoms with Crippen LogP contribution in [0.15, 0.2) is 23.1 Å². The van der Waals surface area contributed by atoms with E-state index in [0.717, 1.165) is 6.07 Å². The van der Waals surface area contributed by atoms with Crippen molar-refractivity contribution in [2.75, 3.05) is 11.5 Å². The van der Waals surface area contributed by atoms with Crippen LogP contribution >= 0.6 is 12.6 Å². The maximum atomic E-state index is 13.6. The third-order valence-electron chi connectivity index (χ3n) is 3.11. The van der Waals surface area contributed by atoms with E-state index in [9.17, 15) is 17.6 Å². The van der Waals surface area contributed by atoms with E-state index in [2.05, 4.69) is 17.9 Å². The molecule has 1 heterocycles. The van der Waals surface area contributed by atoms with Gasteiger partial charge in [0.15, 0.2) is 9.84 Å². The molecule has 1 atom stereocenters. The highest BCUT2D eigenvalue weighted by atomic mass is 32.2. The number of carbonyl (C=O) groups is 1. The average Bonchev–Trinajstić information content (AvgIpc) is 2.56. The Bertz CT molecular complexity index is 630. The normalized spacial score (nSPS) is 25.2. The molecule has 1 aromatic rings. The minimum Gasteiger partial charge on any atom is -0.346 e. The van der Waals surface area contributed by atoms with E-state index in [0.29, 0.717) is 11.3 Å². The van der Waals surface area contributed by atoms with Crippen LogP contribution in [0.25, 0.3) is 0 Å². The van der Waals surface area contributed by atoms with Crippen molar-refractivity contribution < 1.29 is 17.6 Å². The molecule has 19 heavy (non-hydrogen) atoms. The van der Waals surface area contributed by atoms with Crippen molar-refractivity contribution in [3.05, 3.63) is 29.6 Å². The first-order valence-electron chi connectivity index (χ1n) is 5.72. The first-order chi connectivity index (χ1) is 8.71. The number of halogens is 1. The van der Waals surface area contributed by atoms with Gasteiger partial charge in [0.1, 0.15) is 5.82 Å². The molecule has 104 valence electrons. The fourth-order valence-corrected chi connectivity index (χ4v) is 4.43. The molecule has 0 aromatic heterocycles. The molecule has 2 rings (SSSR count). The molecule has 1 aliphatic heterocycles. The Hall–Kier alpha value is -1.08. The Balaban J connectivity index is 2.20. The lowest BCUT2D eigenvalue weighted by molar-refractivity contribution is 0.0911. The number of carbonyl (C=O) groups excluding carboxylic acids is 1. The molecule has 0 bridgehead atoms. The van der Waals surface area contributed by atoms with Gasteiger partial charge in [0.25, 0.3) is 5.91 Å². The van der Waals surface area contributed by atoms with Crippen molar-refractivity contribution in [2.24, 2.45) is 0 Å². The zero-order chi connectivity index (χ0) is 14.3. The van der Waals surface area contributed by atoms with Gasteiger partial charge in [-0.25, -0.2) is 12.8 Å². The second-order valence-electron chi connectivity index (χ2n) is 5.02. The SMILES string of the molecule is CC1(NC(=O)c2cc(S)ccc2F)CCS(=O)(=O)C1. The Morgan fingerprint density at radius 2 is 2.16 bits per heavy atom. The predicted molar refractivity (Wildman–Crippen MR) is 72.8 cm³/mol. The maximum Gasteiger partial charge on any atom is 0.254 e. The molecule has 7 heteroatoms. The van der Waals surface area contributed by atoms with Crippen molar-refractivity contribution in [3.8, 4) is 0 Å². The van der Waals surface area contributed by atoms with Gasteiger partial charge in [-0.3, -0.25) is 4.79 Å². The van der Waals surface area contributed by atoms with E-state index in [1.165, 1.54) is 12.1 Å². The van der Waals surface area contributed by atoms with Gasteiger partial charge < -0.3 is 5.32 Å². The number of amides is 1. The van der Waals surface area contributed by atoms with Crippen LogP contribution in [0.2, 0.25) is 0 Å². The van der Waals surface area contributed by atoms with Crippen molar-refractivity contribution in [1.82, 2.24) is 5.32 Å². The summed E-state index contributed by atoms with van der Waals surface area (Å²) in [4.78, 5) is 12.5. The Kier molecular flexibility index (Phi) is 3.61. The quantitative estimate of drug-likeness (QED) is 0.812. The summed E-state index contributed by atoms with van der Waals surface area (Å²) in [6, 6.07) is 3.92. The van der Waals surface area contributed by atoms with Crippen molar-refractivity contribution in [2.45, 2.75) is 23.8 Å². The monoisotopic (exact) mass is 303 g/mol. The zero-order valence-corrected chi connectivity index (χ0v) is 12.0. The molecule has 4 nitrogen and oxygen atoms in total. The number of hydrogen-bond donors (Lipinski definition) is 2. The van der Waals surface area contributed by atoms with E-state index in [1.807, 2.05) is 0 Å². The predicted octanol–water partition coefficient (Wildman–Crippen LogP) is 1.42. The minimum absolute atomic E-state index is 0.0405. The van der Waals surface area contributed by atoms with Gasteiger partial charge >= 0.3 is 0 Å². The Labute approximate surface area is 116 Å². The molecule has 1 saturated heterocycles. The van der Waals surface area contributed by atoms with E-state index in [4.69, 9.17) is 0 Å². The molecule has 1 aromatic carbocycles. The summed E-state index contributed by atoms with van der Waals surface area (Å²) in [5, 5.41) is 2.60. The molecular weight excluding hydrogens is 289 g/mol. The fourth-order valence-electron chi connectivity index (χ4n) is 2.14. The number of nitrogens with one attached hydrogen (secondary N) is 1. The Morgan fingerprint density at radius 1 is 1.47 bits per heavy atom. The molecule has 1 fully saturated rings. The maximum absolute atomic E-state index is 13.6. The molecule has 1 N–H and O–H groups in total. The molecule has 0 saturated carbocycles. The van der Waals surface area contributed by atoms with Gasteiger partial charge in [-0.2, -0.15) is 0 Å². The molecule has 1 aliphatic rings. The van der Waals surface area contributed by atoms with Gasteiger partial charge in [-0.1, -0.05) is 0 Å². The van der Waals surface area contributed by atoms with Crippen LogP contribution in [0, 0.1) is 5.82 Å². The number of thiol groups is 1. The summed E-state index contributed by atoms with van der Waals surface area (Å²) in [5.74, 6) is -1.35. The van der Waals surface area contributed by atoms with Crippen LogP contribution in [0.1, 0.15) is 23.7 Å². The van der Waals surface area contributed by atoms with Gasteiger partial charge in [0.05, 0.1) is 22.6 Å². The fraction of sp³-hybridized carbons (Fsp3) is 0.417. The lowest BCUT2D eigenvalue weighted by atomic mass is 10.0. The number of hydrogen-bond acceptors (Lipinski definition) is 4. The summed E-state index contributed by atoms with van der Waals surface area (Å²) >= 11 is 4.05. The first kappa shape index (κ1) is 14.3. The smallest absolute Gasteiger partial charge is 0.254 e. The first-order valence-corrected chi connectivity index (χ1v) is 7.99. The van der Waals surface area contributed by atoms with Crippen LogP contribution in [-0.2, 0) is 9.84 Å². The average molecular weight is 303 g/mol. The van der Waals surface area contributed by atoms with E-state index >= 15 is 0 Å². The van der Waals surface area contributed by atoms with Crippen LogP contribution in [0.5, 0.6) is 0 Å². The summed E-state index contributed by atoms with van der Waals surface area (Å²) in [6.45, 7) is 1.65. The number of sulfone groups is 1. The highest BCUT2D eigenvalue weighted by molar-refractivity contribution is 7.91. The molecule has 0 radical (unpaired) electrons. The minimum atomic E-state index is -3.12. The van der Waals surface area contributed by atoms with Crippen LogP contribution in [-0.4, -0.2) is 31.4 Å². The highest BCUT2D eigenvalue weighted by Gasteiger charge is 2.39. The van der Waals surface area contributed by atoms with Crippen molar-refractivity contribution in [3.63, 3.8) is 0 Å². The van der Waals surface area contributed by atoms with E-state index in [-0.39, 0.29) is 17.1 Å². The molecule has 0 aliphatic carbocycles. The largest absolute Gasteiger partial charge is 0.346 e. The van der Waals surface area contributed by atoms with Gasteiger partial charge in [0, 0.05) is 4.90 Å². The summed E-state index contributed by atoms with van der Waals surface area (Å²) in [5.41, 5.74) is -0.965. The lowest BCUT2D eigenvalue weighted by Crippen LogP contribution is -2.47. The highest BCUT2D eigenvalue weighted by Crippen LogP contribution is 2.24. The second-order valence-corrected chi connectivity index (χ2v) is 7.72. The van der Waals surface area contributed by atoms with Gasteiger partial charge in [-0.15, -0.1) is 12.6 Å². The number of rotatable bonds is 2. The van der Waals surface area contributed by atoms with Crippen molar-refractivity contribution in [1.29, 1.82) is 0 Å². The topological polar surface area (TPSA) is 63.2 Å². The Morgan fingerprint density at radius 3 is 2.74 bits per heavy atom. The third kappa shape index (κ3) is 3.27. The number of benzene rings is 1. The summed E-state index contributed by atoms with van der Waals surface area (Å²) in [6.07, 6.45) is 0.337. The molecule has 1 unspecified atom stereocenters. The van der Waals surface area contributed by atoms with Crippen LogP contribution in [0.4, 0.5) is 4.39 Å². The van der Waals surface area contributed by atoms with E-state index < -0.39 is 27.1 Å². The molecular formula is C12H14FNO3S2. The van der Waals surface area contributed by atoms with E-state index in [1.54, 1.807) is 6.92 Å². The summed E-state index contributed by atoms with van der Waals surface area (Å²) < 4.78 is 36.5. The van der Waals surface area contributed by atoms with Crippen molar-refractivity contribution >= 4 is 28.4 Å². The standard InChI is InChI=1S/C12H14FNO3S2/c1-12(4-5-19(16,17)7-12)14-11(15)9-6-8(18)2-3-10(9)13/h2-3,6,18H,4-5,7H2,1H3,(H,14,15). The van der Waals surface area contributed by atoms with Crippen LogP contribution in [0.3, 0.4) is 0 Å². The van der Waals surface area contributed by atoms with Crippen LogP contribution < -0.4 is 5.32 Å². The second kappa shape index (κ2) is 4.79. The van der Waals surface area contributed by atoms with Gasteiger partial charge in [0.2, 0.25) is 0 Å². The lowest BCUT2D eigenvalue weighted by Gasteiger charge is -2.24. The van der Waals surface area contributed by atoms with Gasteiger partial charge in [-0.05, 0) is 31.5 Å². The third-order valence-corrected chi connectivity index (χ3v) is 5.29. The molecule has 1 amide bonds. The molecule has 0 spiro atoms.